The Morgan fingerprint density at radius 1 is 1.14 bits per heavy atom. The van der Waals surface area contributed by atoms with Crippen LogP contribution in [-0.4, -0.2) is 44.5 Å². The van der Waals surface area contributed by atoms with Gasteiger partial charge in [0.05, 0.1) is 18.1 Å². The van der Waals surface area contributed by atoms with Crippen molar-refractivity contribution >= 4 is 29.3 Å². The van der Waals surface area contributed by atoms with E-state index in [9.17, 15) is 9.59 Å². The number of carbonyl (C=O) groups is 2. The predicted molar refractivity (Wildman–Crippen MR) is 109 cm³/mol. The van der Waals surface area contributed by atoms with Crippen LogP contribution in [0.5, 0.6) is 11.5 Å². The van der Waals surface area contributed by atoms with Crippen molar-refractivity contribution < 1.29 is 23.8 Å². The summed E-state index contributed by atoms with van der Waals surface area (Å²) in [5.74, 6) is 0.140. The number of anilines is 1. The van der Waals surface area contributed by atoms with Crippen LogP contribution in [0.3, 0.4) is 0 Å². The Kier molecular flexibility index (Phi) is 6.98. The largest absolute Gasteiger partial charge is 0.486 e. The zero-order valence-electron chi connectivity index (χ0n) is 15.9. The average molecular weight is 412 g/mol. The fraction of sp³-hybridized carbons (Fsp3) is 0.286. The first kappa shape index (κ1) is 20.6. The molecule has 3 rings (SSSR count). The molecule has 1 amide bonds. The highest BCUT2D eigenvalue weighted by Gasteiger charge is 2.21. The van der Waals surface area contributed by atoms with E-state index in [4.69, 9.17) is 19.5 Å². The lowest BCUT2D eigenvalue weighted by Gasteiger charge is -2.24. The molecule has 0 saturated heterocycles. The fourth-order valence-electron chi connectivity index (χ4n) is 2.78. The third-order valence-electron chi connectivity index (χ3n) is 4.24. The van der Waals surface area contributed by atoms with Crippen LogP contribution in [0.2, 0.25) is 0 Å². The zero-order chi connectivity index (χ0) is 20.6. The summed E-state index contributed by atoms with van der Waals surface area (Å²) < 4.78 is 16.2. The molecule has 1 heterocycles. The molecule has 7 nitrogen and oxygen atoms in total. The number of thioether (sulfide) groups is 1. The van der Waals surface area contributed by atoms with E-state index in [2.05, 4.69) is 0 Å². The van der Waals surface area contributed by atoms with Crippen molar-refractivity contribution in [1.82, 2.24) is 0 Å². The second-order valence-electron chi connectivity index (χ2n) is 6.09. The summed E-state index contributed by atoms with van der Waals surface area (Å²) >= 11 is 1.57. The first-order chi connectivity index (χ1) is 14.1. The van der Waals surface area contributed by atoms with Crippen LogP contribution >= 0.6 is 11.8 Å². The summed E-state index contributed by atoms with van der Waals surface area (Å²) in [7, 11) is 0. The van der Waals surface area contributed by atoms with E-state index in [1.54, 1.807) is 42.1 Å². The molecule has 0 spiro atoms. The summed E-state index contributed by atoms with van der Waals surface area (Å²) in [5.41, 5.74) is 0.924. The number of ether oxygens (including phenoxy) is 3. The third kappa shape index (κ3) is 5.21. The van der Waals surface area contributed by atoms with E-state index in [0.717, 1.165) is 4.90 Å². The molecule has 0 saturated carbocycles. The number of hydrogen-bond donors (Lipinski definition) is 0. The maximum Gasteiger partial charge on any atom is 0.338 e. The van der Waals surface area contributed by atoms with E-state index >= 15 is 0 Å². The molecule has 0 aliphatic carbocycles. The Morgan fingerprint density at radius 2 is 1.86 bits per heavy atom. The molecule has 2 aromatic carbocycles. The molecular formula is C21H20N2O5S. The van der Waals surface area contributed by atoms with Gasteiger partial charge in [0.25, 0.3) is 5.91 Å². The topological polar surface area (TPSA) is 88.9 Å². The smallest absolute Gasteiger partial charge is 0.338 e. The molecule has 150 valence electrons. The second-order valence-corrected chi connectivity index (χ2v) is 6.97. The molecule has 0 radical (unpaired) electrons. The van der Waals surface area contributed by atoms with E-state index < -0.39 is 18.5 Å². The molecule has 0 fully saturated rings. The first-order valence-electron chi connectivity index (χ1n) is 9.00. The number of esters is 1. The zero-order valence-corrected chi connectivity index (χ0v) is 16.7. The Morgan fingerprint density at radius 3 is 2.55 bits per heavy atom. The SMILES string of the molecule is CSc1ccc(C(=O)OCC(=O)N(CCC#N)c2ccc3c(c2)OCCO3)cc1. The van der Waals surface area contributed by atoms with Crippen molar-refractivity contribution in [3.63, 3.8) is 0 Å². The lowest BCUT2D eigenvalue weighted by Crippen LogP contribution is -2.35. The van der Waals surface area contributed by atoms with E-state index in [0.29, 0.717) is 36.0 Å². The highest BCUT2D eigenvalue weighted by molar-refractivity contribution is 7.98. The number of fused-ring (bicyclic) bond motifs is 1. The van der Waals surface area contributed by atoms with Gasteiger partial charge >= 0.3 is 5.97 Å². The number of hydrogen-bond acceptors (Lipinski definition) is 7. The van der Waals surface area contributed by atoms with Crippen LogP contribution in [0.1, 0.15) is 16.8 Å². The number of nitriles is 1. The van der Waals surface area contributed by atoms with Crippen molar-refractivity contribution in [3.05, 3.63) is 48.0 Å². The highest BCUT2D eigenvalue weighted by atomic mass is 32.2. The minimum atomic E-state index is -0.576. The van der Waals surface area contributed by atoms with Crippen LogP contribution in [0, 0.1) is 11.3 Å². The van der Waals surface area contributed by atoms with Crippen LogP contribution in [0.25, 0.3) is 0 Å². The van der Waals surface area contributed by atoms with Gasteiger partial charge in [0, 0.05) is 23.2 Å². The van der Waals surface area contributed by atoms with E-state index in [-0.39, 0.29) is 13.0 Å². The summed E-state index contributed by atoms with van der Waals surface area (Å²) in [6.45, 7) is 0.644. The molecule has 2 aromatic rings. The maximum absolute atomic E-state index is 12.7. The Hall–Kier alpha value is -3.18. The predicted octanol–water partition coefficient (Wildman–Crippen LogP) is 3.28. The van der Waals surface area contributed by atoms with Gasteiger partial charge in [-0.1, -0.05) is 0 Å². The molecule has 1 aliphatic heterocycles. The standard InChI is InChI=1S/C21H20N2O5S/c1-29-17-6-3-15(4-7-17)21(25)28-14-20(24)23(10-2-9-22)16-5-8-18-19(13-16)27-12-11-26-18/h3-8,13H,2,10-12,14H2,1H3. The molecule has 0 atom stereocenters. The summed E-state index contributed by atoms with van der Waals surface area (Å²) in [5, 5.41) is 8.93. The van der Waals surface area contributed by atoms with Crippen LogP contribution in [0.15, 0.2) is 47.4 Å². The summed E-state index contributed by atoms with van der Waals surface area (Å²) in [6, 6.07) is 14.1. The Labute approximate surface area is 173 Å². The van der Waals surface area contributed by atoms with Gasteiger partial charge in [-0.2, -0.15) is 5.26 Å². The molecule has 1 aliphatic rings. The van der Waals surface area contributed by atoms with Gasteiger partial charge in [0.2, 0.25) is 0 Å². The number of rotatable bonds is 7. The molecule has 0 bridgehead atoms. The van der Waals surface area contributed by atoms with Gasteiger partial charge in [0.15, 0.2) is 18.1 Å². The molecule has 0 aromatic heterocycles. The van der Waals surface area contributed by atoms with Crippen LogP contribution in [0.4, 0.5) is 5.69 Å². The molecule has 0 unspecified atom stereocenters. The van der Waals surface area contributed by atoms with Gasteiger partial charge in [0.1, 0.15) is 13.2 Å². The van der Waals surface area contributed by atoms with E-state index in [1.165, 1.54) is 4.90 Å². The van der Waals surface area contributed by atoms with Gasteiger partial charge in [-0.15, -0.1) is 11.8 Å². The second kappa shape index (κ2) is 9.85. The molecule has 29 heavy (non-hydrogen) atoms. The van der Waals surface area contributed by atoms with Crippen molar-refractivity contribution in [1.29, 1.82) is 5.26 Å². The van der Waals surface area contributed by atoms with Gasteiger partial charge in [-0.3, -0.25) is 4.79 Å². The van der Waals surface area contributed by atoms with Crippen molar-refractivity contribution in [2.24, 2.45) is 0 Å². The maximum atomic E-state index is 12.7. The Bertz CT molecular complexity index is 924. The first-order valence-corrected chi connectivity index (χ1v) is 10.2. The minimum Gasteiger partial charge on any atom is -0.486 e. The number of carbonyl (C=O) groups excluding carboxylic acids is 2. The lowest BCUT2D eigenvalue weighted by molar-refractivity contribution is -0.121. The number of amides is 1. The minimum absolute atomic E-state index is 0.143. The normalized spacial score (nSPS) is 12.0. The summed E-state index contributed by atoms with van der Waals surface area (Å²) in [6.07, 6.45) is 2.09. The number of nitrogens with zero attached hydrogens (tertiary/aromatic N) is 2. The van der Waals surface area contributed by atoms with Crippen LogP contribution in [-0.2, 0) is 9.53 Å². The average Bonchev–Trinajstić information content (AvgIpc) is 2.77. The van der Waals surface area contributed by atoms with Crippen molar-refractivity contribution in [2.45, 2.75) is 11.3 Å². The quantitative estimate of drug-likeness (QED) is 0.509. The van der Waals surface area contributed by atoms with Gasteiger partial charge in [-0.05, 0) is 42.7 Å². The fourth-order valence-corrected chi connectivity index (χ4v) is 3.18. The number of benzene rings is 2. The summed E-state index contributed by atoms with van der Waals surface area (Å²) in [4.78, 5) is 27.4. The van der Waals surface area contributed by atoms with Gasteiger partial charge < -0.3 is 19.1 Å². The van der Waals surface area contributed by atoms with Crippen molar-refractivity contribution in [3.8, 4) is 17.6 Å². The van der Waals surface area contributed by atoms with Crippen LogP contribution < -0.4 is 14.4 Å². The molecular weight excluding hydrogens is 392 g/mol. The van der Waals surface area contributed by atoms with E-state index in [1.807, 2.05) is 24.5 Å². The molecule has 0 N–H and O–H groups in total. The highest BCUT2D eigenvalue weighted by Crippen LogP contribution is 2.34. The Balaban J connectivity index is 1.68. The lowest BCUT2D eigenvalue weighted by atomic mass is 10.2. The monoisotopic (exact) mass is 412 g/mol. The van der Waals surface area contributed by atoms with Gasteiger partial charge in [-0.25, -0.2) is 4.79 Å². The molecule has 8 heteroatoms. The third-order valence-corrected chi connectivity index (χ3v) is 4.98. The van der Waals surface area contributed by atoms with Crippen molar-refractivity contribution in [2.75, 3.05) is 37.5 Å².